The number of rotatable bonds is 9. The summed E-state index contributed by atoms with van der Waals surface area (Å²) in [5, 5.41) is 8.22. The molecule has 0 aliphatic carbocycles. The van der Waals surface area contributed by atoms with Crippen molar-refractivity contribution in [3.05, 3.63) is 17.5 Å². The van der Waals surface area contributed by atoms with Crippen LogP contribution in [0.3, 0.4) is 0 Å². The third-order valence-corrected chi connectivity index (χ3v) is 4.38. The van der Waals surface area contributed by atoms with Crippen molar-refractivity contribution in [2.24, 2.45) is 5.41 Å². The summed E-state index contributed by atoms with van der Waals surface area (Å²) in [4.78, 5) is 0. The predicted molar refractivity (Wildman–Crippen MR) is 82.5 cm³/mol. The minimum absolute atomic E-state index is 0.369. The summed E-state index contributed by atoms with van der Waals surface area (Å²) >= 11 is 0. The van der Waals surface area contributed by atoms with Gasteiger partial charge in [-0.15, -0.1) is 0 Å². The molecule has 0 bridgehead atoms. The summed E-state index contributed by atoms with van der Waals surface area (Å²) in [5.74, 6) is 0. The average Bonchev–Trinajstić information content (AvgIpc) is 2.85. The monoisotopic (exact) mass is 265 g/mol. The molecule has 110 valence electrons. The number of aromatic nitrogens is 2. The Morgan fingerprint density at radius 2 is 1.84 bits per heavy atom. The van der Waals surface area contributed by atoms with Gasteiger partial charge in [-0.3, -0.25) is 4.68 Å². The van der Waals surface area contributed by atoms with Gasteiger partial charge in [0.25, 0.3) is 0 Å². The largest absolute Gasteiger partial charge is 0.316 e. The first-order valence-electron chi connectivity index (χ1n) is 7.90. The number of hydrogen-bond acceptors (Lipinski definition) is 2. The molecule has 1 aromatic rings. The molecule has 0 saturated carbocycles. The quantitative estimate of drug-likeness (QED) is 0.741. The third-order valence-electron chi connectivity index (χ3n) is 4.38. The molecule has 1 heterocycles. The van der Waals surface area contributed by atoms with Gasteiger partial charge >= 0.3 is 0 Å². The molecular formula is C16H31N3. The highest BCUT2D eigenvalue weighted by atomic mass is 15.3. The normalized spacial score (nSPS) is 12.1. The molecule has 0 aromatic carbocycles. The van der Waals surface area contributed by atoms with Crippen LogP contribution in [0.25, 0.3) is 0 Å². The van der Waals surface area contributed by atoms with Crippen molar-refractivity contribution in [2.75, 3.05) is 13.1 Å². The minimum Gasteiger partial charge on any atom is -0.316 e. The van der Waals surface area contributed by atoms with Crippen molar-refractivity contribution in [1.82, 2.24) is 15.1 Å². The van der Waals surface area contributed by atoms with Crippen molar-refractivity contribution in [1.29, 1.82) is 0 Å². The van der Waals surface area contributed by atoms with Gasteiger partial charge in [0.05, 0.1) is 5.69 Å². The molecule has 0 fully saturated rings. The van der Waals surface area contributed by atoms with Crippen LogP contribution in [0.15, 0.2) is 6.07 Å². The van der Waals surface area contributed by atoms with E-state index >= 15 is 0 Å². The van der Waals surface area contributed by atoms with E-state index in [9.17, 15) is 0 Å². The van der Waals surface area contributed by atoms with Gasteiger partial charge in [0.15, 0.2) is 0 Å². The van der Waals surface area contributed by atoms with Gasteiger partial charge in [-0.25, -0.2) is 0 Å². The molecule has 1 aromatic heterocycles. The molecular weight excluding hydrogens is 234 g/mol. The fourth-order valence-corrected chi connectivity index (χ4v) is 2.69. The Morgan fingerprint density at radius 3 is 2.32 bits per heavy atom. The van der Waals surface area contributed by atoms with E-state index in [4.69, 9.17) is 0 Å². The maximum Gasteiger partial charge on any atom is 0.0624 e. The maximum absolute atomic E-state index is 4.68. The van der Waals surface area contributed by atoms with Crippen molar-refractivity contribution < 1.29 is 0 Å². The highest BCUT2D eigenvalue weighted by Crippen LogP contribution is 2.30. The van der Waals surface area contributed by atoms with E-state index in [1.165, 1.54) is 24.2 Å². The standard InChI is InChI=1S/C16H31N3/c1-6-14-11-15(19(10-5)18-14)12-16(7-2,8-3)13-17-9-4/h11,17H,6-10,12-13H2,1-5H3. The van der Waals surface area contributed by atoms with Crippen LogP contribution in [-0.4, -0.2) is 22.9 Å². The Hall–Kier alpha value is -0.830. The highest BCUT2D eigenvalue weighted by Gasteiger charge is 2.27. The van der Waals surface area contributed by atoms with E-state index in [2.05, 4.69) is 55.8 Å². The van der Waals surface area contributed by atoms with Crippen LogP contribution in [-0.2, 0) is 19.4 Å². The Bertz CT molecular complexity index is 364. The fraction of sp³-hybridized carbons (Fsp3) is 0.812. The lowest BCUT2D eigenvalue weighted by atomic mass is 9.78. The Labute approximate surface area is 118 Å². The zero-order valence-corrected chi connectivity index (χ0v) is 13.4. The second-order valence-corrected chi connectivity index (χ2v) is 5.46. The van der Waals surface area contributed by atoms with Crippen LogP contribution in [0.2, 0.25) is 0 Å². The van der Waals surface area contributed by atoms with E-state index in [-0.39, 0.29) is 0 Å². The zero-order valence-electron chi connectivity index (χ0n) is 13.4. The van der Waals surface area contributed by atoms with Gasteiger partial charge < -0.3 is 5.32 Å². The van der Waals surface area contributed by atoms with Gasteiger partial charge in [0, 0.05) is 18.8 Å². The van der Waals surface area contributed by atoms with Crippen molar-refractivity contribution >= 4 is 0 Å². The first kappa shape index (κ1) is 16.2. The van der Waals surface area contributed by atoms with Gasteiger partial charge in [0.1, 0.15) is 0 Å². The second kappa shape index (κ2) is 7.68. The van der Waals surface area contributed by atoms with Crippen molar-refractivity contribution in [3.8, 4) is 0 Å². The van der Waals surface area contributed by atoms with Crippen LogP contribution in [0.5, 0.6) is 0 Å². The molecule has 0 aliphatic heterocycles. The van der Waals surface area contributed by atoms with Crippen LogP contribution < -0.4 is 5.32 Å². The minimum atomic E-state index is 0.369. The summed E-state index contributed by atoms with van der Waals surface area (Å²) < 4.78 is 2.19. The van der Waals surface area contributed by atoms with Crippen molar-refractivity contribution in [3.63, 3.8) is 0 Å². The molecule has 0 aliphatic rings. The molecule has 0 spiro atoms. The summed E-state index contributed by atoms with van der Waals surface area (Å²) in [6.07, 6.45) is 4.59. The molecule has 1 N–H and O–H groups in total. The van der Waals surface area contributed by atoms with Crippen LogP contribution in [0.1, 0.15) is 58.8 Å². The van der Waals surface area contributed by atoms with E-state index in [0.717, 1.165) is 32.5 Å². The zero-order chi connectivity index (χ0) is 14.3. The lowest BCUT2D eigenvalue weighted by molar-refractivity contribution is 0.242. The maximum atomic E-state index is 4.68. The summed E-state index contributed by atoms with van der Waals surface area (Å²) in [6, 6.07) is 2.30. The predicted octanol–water partition coefficient (Wildman–Crippen LogP) is 3.42. The lowest BCUT2D eigenvalue weighted by Crippen LogP contribution is -2.36. The summed E-state index contributed by atoms with van der Waals surface area (Å²) in [7, 11) is 0. The topological polar surface area (TPSA) is 29.9 Å². The Kier molecular flexibility index (Phi) is 6.56. The molecule has 19 heavy (non-hydrogen) atoms. The second-order valence-electron chi connectivity index (χ2n) is 5.46. The molecule has 1 rings (SSSR count). The third kappa shape index (κ3) is 4.07. The van der Waals surface area contributed by atoms with E-state index in [1.54, 1.807) is 0 Å². The molecule has 3 nitrogen and oxygen atoms in total. The van der Waals surface area contributed by atoms with Gasteiger partial charge in [-0.2, -0.15) is 5.10 Å². The van der Waals surface area contributed by atoms with Gasteiger partial charge in [0.2, 0.25) is 0 Å². The fourth-order valence-electron chi connectivity index (χ4n) is 2.69. The van der Waals surface area contributed by atoms with Crippen LogP contribution >= 0.6 is 0 Å². The van der Waals surface area contributed by atoms with E-state index < -0.39 is 0 Å². The molecule has 0 saturated heterocycles. The SMILES string of the molecule is CCNCC(CC)(CC)Cc1cc(CC)nn1CC. The number of nitrogens with one attached hydrogen (secondary N) is 1. The smallest absolute Gasteiger partial charge is 0.0624 e. The van der Waals surface area contributed by atoms with E-state index in [0.29, 0.717) is 5.41 Å². The lowest BCUT2D eigenvalue weighted by Gasteiger charge is -2.32. The van der Waals surface area contributed by atoms with Gasteiger partial charge in [-0.05, 0) is 50.6 Å². The molecule has 0 unspecified atom stereocenters. The highest BCUT2D eigenvalue weighted by molar-refractivity contribution is 5.13. The molecule has 0 radical (unpaired) electrons. The van der Waals surface area contributed by atoms with Crippen molar-refractivity contribution in [2.45, 2.75) is 66.8 Å². The summed E-state index contributed by atoms with van der Waals surface area (Å²) in [6.45, 7) is 14.3. The molecule has 0 amide bonds. The van der Waals surface area contributed by atoms with Gasteiger partial charge in [-0.1, -0.05) is 27.7 Å². The summed E-state index contributed by atoms with van der Waals surface area (Å²) in [5.41, 5.74) is 3.00. The Balaban J connectivity index is 2.91. The first-order chi connectivity index (χ1) is 9.14. The Morgan fingerprint density at radius 1 is 1.16 bits per heavy atom. The number of hydrogen-bond donors (Lipinski definition) is 1. The van der Waals surface area contributed by atoms with Crippen LogP contribution in [0, 0.1) is 5.41 Å². The number of nitrogens with zero attached hydrogens (tertiary/aromatic N) is 2. The molecule has 0 atom stereocenters. The number of aryl methyl sites for hydroxylation is 2. The van der Waals surface area contributed by atoms with E-state index in [1.807, 2.05) is 0 Å². The average molecular weight is 265 g/mol. The van der Waals surface area contributed by atoms with Crippen LogP contribution in [0.4, 0.5) is 0 Å². The molecule has 3 heteroatoms. The first-order valence-corrected chi connectivity index (χ1v) is 7.90.